The molecule has 4 rings (SSSR count). The Morgan fingerprint density at radius 1 is 1.06 bits per heavy atom. The van der Waals surface area contributed by atoms with Crippen molar-refractivity contribution in [3.8, 4) is 16.9 Å². The van der Waals surface area contributed by atoms with E-state index in [9.17, 15) is 4.79 Å². The number of nitrogens with zero attached hydrogens (tertiary/aromatic N) is 6. The molecule has 0 radical (unpaired) electrons. The second-order valence-corrected chi connectivity index (χ2v) is 9.19. The average Bonchev–Trinajstić information content (AvgIpc) is 3.15. The summed E-state index contributed by atoms with van der Waals surface area (Å²) in [7, 11) is 0. The van der Waals surface area contributed by atoms with E-state index in [4.69, 9.17) is 4.74 Å². The van der Waals surface area contributed by atoms with Gasteiger partial charge in [0.05, 0.1) is 16.4 Å². The number of rotatable bonds is 3. The van der Waals surface area contributed by atoms with Crippen LogP contribution in [-0.2, 0) is 4.74 Å². The number of hydrogen-bond donors (Lipinski definition) is 0. The Hall–Kier alpha value is -2.94. The lowest BCUT2D eigenvalue weighted by molar-refractivity contribution is 0.0240. The van der Waals surface area contributed by atoms with Gasteiger partial charge in [0.25, 0.3) is 0 Å². The van der Waals surface area contributed by atoms with Gasteiger partial charge in [0.15, 0.2) is 0 Å². The molecule has 0 spiro atoms. The molecule has 1 aliphatic heterocycles. The average molecular weight is 485 g/mol. The van der Waals surface area contributed by atoms with E-state index in [-0.39, 0.29) is 6.09 Å². The highest BCUT2D eigenvalue weighted by molar-refractivity contribution is 9.10. The van der Waals surface area contributed by atoms with Crippen LogP contribution in [0.2, 0.25) is 0 Å². The first-order valence-electron chi connectivity index (χ1n) is 10.1. The normalized spacial score (nSPS) is 14.6. The summed E-state index contributed by atoms with van der Waals surface area (Å²) in [5.74, 6) is 0.883. The molecule has 9 heteroatoms. The Kier molecular flexibility index (Phi) is 5.95. The summed E-state index contributed by atoms with van der Waals surface area (Å²) in [5, 5.41) is 4.68. The van der Waals surface area contributed by atoms with Gasteiger partial charge in [-0.1, -0.05) is 0 Å². The molecular formula is C22H25BrN6O2. The van der Waals surface area contributed by atoms with E-state index in [2.05, 4.69) is 35.9 Å². The van der Waals surface area contributed by atoms with Gasteiger partial charge in [-0.05, 0) is 61.0 Å². The first kappa shape index (κ1) is 21.3. The van der Waals surface area contributed by atoms with Crippen LogP contribution >= 0.6 is 15.9 Å². The quantitative estimate of drug-likeness (QED) is 0.555. The van der Waals surface area contributed by atoms with E-state index in [0.717, 1.165) is 27.2 Å². The number of aromatic nitrogens is 4. The predicted molar refractivity (Wildman–Crippen MR) is 122 cm³/mol. The van der Waals surface area contributed by atoms with Gasteiger partial charge in [-0.15, -0.1) is 0 Å². The molecule has 3 aromatic heterocycles. The summed E-state index contributed by atoms with van der Waals surface area (Å²) in [5.41, 5.74) is 2.24. The van der Waals surface area contributed by atoms with Crippen molar-refractivity contribution in [3.05, 3.63) is 53.5 Å². The number of carbonyl (C=O) groups is 1. The fourth-order valence-corrected chi connectivity index (χ4v) is 3.84. The number of anilines is 1. The molecule has 3 aromatic rings. The standard InChI is InChI=1S/C22H25BrN6O2/c1-22(2,3)31-21(30)28-12-10-27(11-13-28)19-5-4-17(14-25-19)29-15-18(23)20(26-29)16-6-8-24-9-7-16/h4-9,14-15H,10-13H2,1-3H3. The molecule has 31 heavy (non-hydrogen) atoms. The maximum Gasteiger partial charge on any atom is 0.410 e. The number of amides is 1. The van der Waals surface area contributed by atoms with E-state index < -0.39 is 5.60 Å². The summed E-state index contributed by atoms with van der Waals surface area (Å²) < 4.78 is 8.17. The monoisotopic (exact) mass is 484 g/mol. The van der Waals surface area contributed by atoms with Crippen LogP contribution < -0.4 is 4.90 Å². The van der Waals surface area contributed by atoms with Crippen LogP contribution in [0.25, 0.3) is 16.9 Å². The molecule has 1 amide bonds. The number of ether oxygens (including phenoxy) is 1. The topological polar surface area (TPSA) is 76.4 Å². The third-order valence-electron chi connectivity index (χ3n) is 4.88. The maximum absolute atomic E-state index is 12.2. The molecule has 0 aromatic carbocycles. The molecule has 0 unspecified atom stereocenters. The molecule has 4 heterocycles. The molecule has 0 N–H and O–H groups in total. The highest BCUT2D eigenvalue weighted by Crippen LogP contribution is 2.27. The Morgan fingerprint density at radius 3 is 2.39 bits per heavy atom. The predicted octanol–water partition coefficient (Wildman–Crippen LogP) is 4.15. The van der Waals surface area contributed by atoms with Crippen molar-refractivity contribution in [2.75, 3.05) is 31.1 Å². The van der Waals surface area contributed by atoms with Crippen LogP contribution in [0, 0.1) is 0 Å². The fraction of sp³-hybridized carbons (Fsp3) is 0.364. The molecule has 0 aliphatic carbocycles. The third-order valence-corrected chi connectivity index (χ3v) is 5.46. The molecule has 1 aliphatic rings. The van der Waals surface area contributed by atoms with Crippen LogP contribution in [0.1, 0.15) is 20.8 Å². The lowest BCUT2D eigenvalue weighted by Crippen LogP contribution is -2.50. The highest BCUT2D eigenvalue weighted by Gasteiger charge is 2.26. The summed E-state index contributed by atoms with van der Waals surface area (Å²) in [6.45, 7) is 8.29. The minimum absolute atomic E-state index is 0.260. The first-order valence-corrected chi connectivity index (χ1v) is 10.9. The highest BCUT2D eigenvalue weighted by atomic mass is 79.9. The number of carbonyl (C=O) groups excluding carboxylic acids is 1. The zero-order valence-corrected chi connectivity index (χ0v) is 19.4. The smallest absolute Gasteiger partial charge is 0.410 e. The summed E-state index contributed by atoms with van der Waals surface area (Å²) >= 11 is 3.59. The molecule has 162 valence electrons. The minimum atomic E-state index is -0.482. The zero-order chi connectivity index (χ0) is 22.0. The van der Waals surface area contributed by atoms with Crippen molar-refractivity contribution >= 4 is 27.8 Å². The van der Waals surface area contributed by atoms with Gasteiger partial charge in [-0.25, -0.2) is 14.5 Å². The molecule has 0 saturated carbocycles. The van der Waals surface area contributed by atoms with Crippen molar-refractivity contribution in [1.29, 1.82) is 0 Å². The van der Waals surface area contributed by atoms with Crippen molar-refractivity contribution in [3.63, 3.8) is 0 Å². The van der Waals surface area contributed by atoms with Gasteiger partial charge in [-0.3, -0.25) is 4.98 Å². The second kappa shape index (κ2) is 8.66. The lowest BCUT2D eigenvalue weighted by atomic mass is 10.2. The Bertz CT molecular complexity index is 1040. The van der Waals surface area contributed by atoms with Gasteiger partial charge in [0.1, 0.15) is 17.1 Å². The number of halogens is 1. The lowest BCUT2D eigenvalue weighted by Gasteiger charge is -2.36. The van der Waals surface area contributed by atoms with E-state index in [1.165, 1.54) is 0 Å². The van der Waals surface area contributed by atoms with E-state index in [1.54, 1.807) is 22.0 Å². The second-order valence-electron chi connectivity index (χ2n) is 8.34. The number of hydrogen-bond acceptors (Lipinski definition) is 6. The Balaban J connectivity index is 1.41. The number of pyridine rings is 2. The molecule has 0 atom stereocenters. The van der Waals surface area contributed by atoms with Crippen molar-refractivity contribution < 1.29 is 9.53 Å². The van der Waals surface area contributed by atoms with E-state index >= 15 is 0 Å². The van der Waals surface area contributed by atoms with Crippen LogP contribution in [0.15, 0.2) is 53.5 Å². The van der Waals surface area contributed by atoms with E-state index in [1.807, 2.05) is 57.4 Å². The Morgan fingerprint density at radius 2 is 1.77 bits per heavy atom. The molecule has 8 nitrogen and oxygen atoms in total. The van der Waals surface area contributed by atoms with Gasteiger partial charge >= 0.3 is 6.09 Å². The van der Waals surface area contributed by atoms with Crippen LogP contribution in [0.5, 0.6) is 0 Å². The van der Waals surface area contributed by atoms with Crippen LogP contribution in [0.3, 0.4) is 0 Å². The molecule has 1 fully saturated rings. The molecule has 0 bridgehead atoms. The number of piperazine rings is 1. The maximum atomic E-state index is 12.2. The Labute approximate surface area is 190 Å². The summed E-state index contributed by atoms with van der Waals surface area (Å²) in [4.78, 5) is 24.8. The van der Waals surface area contributed by atoms with Gasteiger partial charge in [0.2, 0.25) is 0 Å². The summed E-state index contributed by atoms with van der Waals surface area (Å²) in [6.07, 6.45) is 6.97. The van der Waals surface area contributed by atoms with Crippen molar-refractivity contribution in [2.24, 2.45) is 0 Å². The van der Waals surface area contributed by atoms with Crippen molar-refractivity contribution in [1.82, 2.24) is 24.6 Å². The first-order chi connectivity index (χ1) is 14.8. The largest absolute Gasteiger partial charge is 0.444 e. The molecule has 1 saturated heterocycles. The van der Waals surface area contributed by atoms with Crippen molar-refractivity contribution in [2.45, 2.75) is 26.4 Å². The van der Waals surface area contributed by atoms with Gasteiger partial charge < -0.3 is 14.5 Å². The minimum Gasteiger partial charge on any atom is -0.444 e. The third kappa shape index (κ3) is 5.04. The zero-order valence-electron chi connectivity index (χ0n) is 17.8. The van der Waals surface area contributed by atoms with Gasteiger partial charge in [0, 0.05) is 50.3 Å². The van der Waals surface area contributed by atoms with Gasteiger partial charge in [-0.2, -0.15) is 5.10 Å². The fourth-order valence-electron chi connectivity index (χ4n) is 3.34. The van der Waals surface area contributed by atoms with Crippen LogP contribution in [-0.4, -0.2) is 62.5 Å². The summed E-state index contributed by atoms with van der Waals surface area (Å²) in [6, 6.07) is 7.84. The van der Waals surface area contributed by atoms with Crippen LogP contribution in [0.4, 0.5) is 10.6 Å². The van der Waals surface area contributed by atoms with E-state index in [0.29, 0.717) is 26.2 Å². The SMILES string of the molecule is CC(C)(C)OC(=O)N1CCN(c2ccc(-n3cc(Br)c(-c4ccncc4)n3)cn2)CC1. The molecular weight excluding hydrogens is 460 g/mol.